The van der Waals surface area contributed by atoms with Gasteiger partial charge >= 0.3 is 0 Å². The van der Waals surface area contributed by atoms with Crippen molar-refractivity contribution in [3.05, 3.63) is 18.0 Å². The molecule has 1 aliphatic heterocycles. The molecule has 0 aromatic carbocycles. The third-order valence-corrected chi connectivity index (χ3v) is 3.27. The highest BCUT2D eigenvalue weighted by Crippen LogP contribution is 2.17. The minimum absolute atomic E-state index is 0.138. The Hall–Kier alpha value is -2.71. The van der Waals surface area contributed by atoms with Crippen LogP contribution in [-0.2, 0) is 0 Å². The fraction of sp³-hybridized carbons (Fsp3) is 0.417. The van der Waals surface area contributed by atoms with Crippen molar-refractivity contribution >= 4 is 17.8 Å². The molecule has 1 fully saturated rings. The van der Waals surface area contributed by atoms with E-state index in [2.05, 4.69) is 30.3 Å². The average molecular weight is 288 g/mol. The molecule has 1 aliphatic rings. The molecule has 0 unspecified atom stereocenters. The molecule has 0 spiro atoms. The quantitative estimate of drug-likeness (QED) is 0.789. The molecule has 0 bridgehead atoms. The van der Waals surface area contributed by atoms with Crippen molar-refractivity contribution in [2.75, 3.05) is 30.8 Å². The molecule has 9 heteroatoms. The zero-order valence-corrected chi connectivity index (χ0v) is 11.7. The monoisotopic (exact) mass is 288 g/mol. The first-order chi connectivity index (χ1) is 10.2. The molecule has 0 aliphatic carbocycles. The van der Waals surface area contributed by atoms with Gasteiger partial charge in [0.25, 0.3) is 11.9 Å². The minimum atomic E-state index is -0.268. The van der Waals surface area contributed by atoms with E-state index in [-0.39, 0.29) is 11.9 Å². The van der Waals surface area contributed by atoms with Crippen LogP contribution in [0.2, 0.25) is 0 Å². The zero-order valence-electron chi connectivity index (χ0n) is 11.7. The third-order valence-electron chi connectivity index (χ3n) is 3.27. The maximum absolute atomic E-state index is 11.5. The van der Waals surface area contributed by atoms with E-state index in [1.807, 2.05) is 0 Å². The number of hydrogen-bond acceptors (Lipinski definition) is 7. The number of nitrogen functional groups attached to an aromatic ring is 1. The van der Waals surface area contributed by atoms with E-state index in [9.17, 15) is 4.79 Å². The fourth-order valence-corrected chi connectivity index (χ4v) is 2.21. The van der Waals surface area contributed by atoms with Crippen LogP contribution in [0.1, 0.15) is 23.3 Å². The summed E-state index contributed by atoms with van der Waals surface area (Å²) in [5.41, 5.74) is 6.04. The lowest BCUT2D eigenvalue weighted by molar-refractivity contribution is 0.0957. The number of hydrogen-bond donors (Lipinski definition) is 2. The molecule has 1 amide bonds. The van der Waals surface area contributed by atoms with E-state index in [0.29, 0.717) is 17.6 Å². The van der Waals surface area contributed by atoms with Gasteiger partial charge in [-0.2, -0.15) is 20.1 Å². The van der Waals surface area contributed by atoms with E-state index in [0.717, 1.165) is 25.9 Å². The third kappa shape index (κ3) is 2.62. The number of nitrogens with zero attached hydrogens (tertiary/aromatic N) is 6. The number of nitrogens with two attached hydrogens (primary N) is 1. The van der Waals surface area contributed by atoms with E-state index < -0.39 is 0 Å². The van der Waals surface area contributed by atoms with Gasteiger partial charge in [-0.25, -0.2) is 4.68 Å². The van der Waals surface area contributed by atoms with E-state index in [1.165, 1.54) is 4.68 Å². The summed E-state index contributed by atoms with van der Waals surface area (Å²) in [6.07, 6.45) is 3.85. The van der Waals surface area contributed by atoms with E-state index in [4.69, 9.17) is 5.73 Å². The largest absolute Gasteiger partial charge is 0.368 e. The van der Waals surface area contributed by atoms with Crippen LogP contribution in [0.25, 0.3) is 5.95 Å². The SMILES string of the molecule is CNC(=O)c1ccn(-c2nc(N)nc(N3CCCC3)n2)n1. The lowest BCUT2D eigenvalue weighted by Crippen LogP contribution is -2.23. The first-order valence-corrected chi connectivity index (χ1v) is 6.72. The topological polar surface area (TPSA) is 115 Å². The number of carbonyl (C=O) groups is 1. The highest BCUT2D eigenvalue weighted by molar-refractivity contribution is 5.91. The van der Waals surface area contributed by atoms with Crippen molar-refractivity contribution in [2.45, 2.75) is 12.8 Å². The predicted octanol–water partition coefficient (Wildman–Crippen LogP) is -0.401. The molecular weight excluding hydrogens is 272 g/mol. The Labute approximate surface area is 121 Å². The number of anilines is 2. The van der Waals surface area contributed by atoms with Gasteiger partial charge in [0.05, 0.1) is 0 Å². The van der Waals surface area contributed by atoms with Crippen LogP contribution in [0.3, 0.4) is 0 Å². The first kappa shape index (κ1) is 13.3. The minimum Gasteiger partial charge on any atom is -0.368 e. The maximum atomic E-state index is 11.5. The van der Waals surface area contributed by atoms with Crippen LogP contribution in [0.5, 0.6) is 0 Å². The average Bonchev–Trinajstić information content (AvgIpc) is 3.17. The summed E-state index contributed by atoms with van der Waals surface area (Å²) in [7, 11) is 1.55. The van der Waals surface area contributed by atoms with Crippen LogP contribution in [0, 0.1) is 0 Å². The van der Waals surface area contributed by atoms with Crippen molar-refractivity contribution in [2.24, 2.45) is 0 Å². The Balaban J connectivity index is 1.94. The van der Waals surface area contributed by atoms with Gasteiger partial charge in [0, 0.05) is 26.3 Å². The summed E-state index contributed by atoms with van der Waals surface area (Å²) in [6, 6.07) is 1.59. The van der Waals surface area contributed by atoms with Gasteiger partial charge < -0.3 is 16.0 Å². The van der Waals surface area contributed by atoms with Gasteiger partial charge in [-0.3, -0.25) is 4.79 Å². The predicted molar refractivity (Wildman–Crippen MR) is 76.2 cm³/mol. The molecule has 0 atom stereocenters. The highest BCUT2D eigenvalue weighted by Gasteiger charge is 2.18. The zero-order chi connectivity index (χ0) is 14.8. The van der Waals surface area contributed by atoms with Crippen molar-refractivity contribution in [1.82, 2.24) is 30.0 Å². The standard InChI is InChI=1S/C12H16N8O/c1-14-9(21)8-4-7-20(18-8)12-16-10(13)15-11(17-12)19-5-2-3-6-19/h4,7H,2-3,5-6H2,1H3,(H,14,21)(H2,13,15,16,17). The lowest BCUT2D eigenvalue weighted by Gasteiger charge is -2.15. The molecule has 0 radical (unpaired) electrons. The van der Waals surface area contributed by atoms with Crippen molar-refractivity contribution in [1.29, 1.82) is 0 Å². The van der Waals surface area contributed by atoms with Crippen LogP contribution >= 0.6 is 0 Å². The molecule has 3 N–H and O–H groups in total. The summed E-state index contributed by atoms with van der Waals surface area (Å²) in [4.78, 5) is 26.2. The van der Waals surface area contributed by atoms with E-state index in [1.54, 1.807) is 19.3 Å². The summed E-state index contributed by atoms with van der Waals surface area (Å²) >= 11 is 0. The normalized spacial score (nSPS) is 14.4. The fourth-order valence-electron chi connectivity index (χ4n) is 2.21. The molecular formula is C12H16N8O. The van der Waals surface area contributed by atoms with Gasteiger partial charge in [0.2, 0.25) is 11.9 Å². The Morgan fingerprint density at radius 1 is 1.24 bits per heavy atom. The maximum Gasteiger partial charge on any atom is 0.271 e. The molecule has 2 aromatic heterocycles. The second-order valence-electron chi connectivity index (χ2n) is 4.71. The molecule has 3 heterocycles. The number of aromatic nitrogens is 5. The Kier molecular flexibility index (Phi) is 3.38. The smallest absolute Gasteiger partial charge is 0.271 e. The molecule has 2 aromatic rings. The Morgan fingerprint density at radius 3 is 2.67 bits per heavy atom. The number of nitrogens with one attached hydrogen (secondary N) is 1. The second-order valence-corrected chi connectivity index (χ2v) is 4.71. The van der Waals surface area contributed by atoms with Crippen molar-refractivity contribution < 1.29 is 4.79 Å². The molecule has 9 nitrogen and oxygen atoms in total. The number of rotatable bonds is 3. The van der Waals surface area contributed by atoms with Crippen LogP contribution in [0.4, 0.5) is 11.9 Å². The second kappa shape index (κ2) is 5.35. The van der Waals surface area contributed by atoms with Crippen LogP contribution in [0.15, 0.2) is 12.3 Å². The Bertz CT molecular complexity index is 661. The van der Waals surface area contributed by atoms with Gasteiger partial charge in [0.1, 0.15) is 0 Å². The Morgan fingerprint density at radius 2 is 1.95 bits per heavy atom. The highest BCUT2D eigenvalue weighted by atomic mass is 16.1. The molecule has 21 heavy (non-hydrogen) atoms. The van der Waals surface area contributed by atoms with Crippen molar-refractivity contribution in [3.63, 3.8) is 0 Å². The summed E-state index contributed by atoms with van der Waals surface area (Å²) in [5, 5.41) is 6.65. The van der Waals surface area contributed by atoms with Crippen LogP contribution in [-0.4, -0.2) is 50.8 Å². The van der Waals surface area contributed by atoms with Gasteiger partial charge in [-0.1, -0.05) is 0 Å². The summed E-state index contributed by atoms with van der Waals surface area (Å²) in [5.74, 6) is 0.723. The van der Waals surface area contributed by atoms with E-state index >= 15 is 0 Å². The lowest BCUT2D eigenvalue weighted by atomic mass is 10.4. The first-order valence-electron chi connectivity index (χ1n) is 6.72. The van der Waals surface area contributed by atoms with Crippen molar-refractivity contribution in [3.8, 4) is 5.95 Å². The number of amides is 1. The molecule has 0 saturated carbocycles. The van der Waals surface area contributed by atoms with Crippen LogP contribution < -0.4 is 16.0 Å². The van der Waals surface area contributed by atoms with Gasteiger partial charge in [-0.05, 0) is 18.9 Å². The molecule has 1 saturated heterocycles. The summed E-state index contributed by atoms with van der Waals surface area (Å²) in [6.45, 7) is 1.82. The van der Waals surface area contributed by atoms with Gasteiger partial charge in [-0.15, -0.1) is 0 Å². The number of carbonyl (C=O) groups excluding carboxylic acids is 1. The summed E-state index contributed by atoms with van der Waals surface area (Å²) < 4.78 is 1.42. The molecule has 110 valence electrons. The molecule has 3 rings (SSSR count). The van der Waals surface area contributed by atoms with Gasteiger partial charge in [0.15, 0.2) is 5.69 Å².